The number of fused-ring (bicyclic) bond motifs is 4. The molecule has 0 saturated carbocycles. The van der Waals surface area contributed by atoms with Crippen molar-refractivity contribution in [3.8, 4) is 33.9 Å². The largest absolute Gasteiger partial charge is 0.497 e. The maximum absolute atomic E-state index is 12.9. The molecular weight excluding hydrogens is 414 g/mol. The molecule has 5 rings (SSSR count). The summed E-state index contributed by atoms with van der Waals surface area (Å²) >= 11 is 0. The average molecular weight is 431 g/mol. The van der Waals surface area contributed by atoms with Gasteiger partial charge in [0.2, 0.25) is 12.6 Å². The standard InChI is InChI=1S/C24H17NO7/c1-12-3-6-19-17(7-12)21-18(22(30-19)25-11-26)10-16(24(28)32-21)15-8-13-4-5-14(29-2)9-20(13)31-23(15)27/h3-11,22H,1-2H3,(H,25,26). The van der Waals surface area contributed by atoms with Crippen LogP contribution in [0.3, 0.4) is 0 Å². The molecule has 1 unspecified atom stereocenters. The fourth-order valence-corrected chi connectivity index (χ4v) is 3.79. The lowest BCUT2D eigenvalue weighted by Gasteiger charge is -2.27. The van der Waals surface area contributed by atoms with Gasteiger partial charge >= 0.3 is 11.3 Å². The third-order valence-electron chi connectivity index (χ3n) is 5.34. The van der Waals surface area contributed by atoms with Crippen LogP contribution in [0.1, 0.15) is 17.4 Å². The lowest BCUT2D eigenvalue weighted by Crippen LogP contribution is -2.29. The zero-order valence-electron chi connectivity index (χ0n) is 17.1. The van der Waals surface area contributed by atoms with E-state index in [-0.39, 0.29) is 16.9 Å². The lowest BCUT2D eigenvalue weighted by atomic mass is 9.97. The Balaban J connectivity index is 1.73. The molecule has 0 saturated heterocycles. The minimum absolute atomic E-state index is 0.00706. The predicted molar refractivity (Wildman–Crippen MR) is 116 cm³/mol. The van der Waals surface area contributed by atoms with Gasteiger partial charge in [0.25, 0.3) is 0 Å². The topological polar surface area (TPSA) is 108 Å². The second kappa shape index (κ2) is 7.42. The average Bonchev–Trinajstić information content (AvgIpc) is 2.78. The fourth-order valence-electron chi connectivity index (χ4n) is 3.79. The molecule has 0 spiro atoms. The summed E-state index contributed by atoms with van der Waals surface area (Å²) in [6.45, 7) is 1.90. The summed E-state index contributed by atoms with van der Waals surface area (Å²) in [6, 6.07) is 13.5. The minimum atomic E-state index is -0.891. The number of benzene rings is 2. The molecule has 1 amide bonds. The van der Waals surface area contributed by atoms with Crippen LogP contribution in [0.4, 0.5) is 0 Å². The summed E-state index contributed by atoms with van der Waals surface area (Å²) in [6.07, 6.45) is -0.395. The van der Waals surface area contributed by atoms with E-state index in [9.17, 15) is 14.4 Å². The molecule has 0 radical (unpaired) electrons. The molecule has 1 N–H and O–H groups in total. The normalized spacial score (nSPS) is 14.2. The van der Waals surface area contributed by atoms with Crippen LogP contribution >= 0.6 is 0 Å². The molecule has 8 nitrogen and oxygen atoms in total. The van der Waals surface area contributed by atoms with Gasteiger partial charge in [0.05, 0.1) is 29.4 Å². The number of carbonyl (C=O) groups is 1. The van der Waals surface area contributed by atoms with Gasteiger partial charge < -0.3 is 23.6 Å². The summed E-state index contributed by atoms with van der Waals surface area (Å²) in [4.78, 5) is 36.8. The highest BCUT2D eigenvalue weighted by Gasteiger charge is 2.30. The number of hydrogen-bond acceptors (Lipinski definition) is 7. The van der Waals surface area contributed by atoms with E-state index in [0.717, 1.165) is 5.56 Å². The van der Waals surface area contributed by atoms with Crippen LogP contribution < -0.4 is 26.0 Å². The van der Waals surface area contributed by atoms with Crippen LogP contribution in [-0.4, -0.2) is 13.5 Å². The Morgan fingerprint density at radius 3 is 2.50 bits per heavy atom. The number of amides is 1. The SMILES string of the molecule is COc1ccc2cc(-c3cc4c(oc3=O)-c3cc(C)ccc3OC4NC=O)c(=O)oc2c1. The third kappa shape index (κ3) is 3.13. The number of aryl methyl sites for hydroxylation is 1. The van der Waals surface area contributed by atoms with Crippen molar-refractivity contribution in [1.29, 1.82) is 0 Å². The second-order valence-corrected chi connectivity index (χ2v) is 7.37. The number of carbonyl (C=O) groups excluding carboxylic acids is 1. The molecule has 1 atom stereocenters. The molecule has 2 aromatic carbocycles. The van der Waals surface area contributed by atoms with Gasteiger partial charge in [0.1, 0.15) is 17.1 Å². The molecule has 0 fully saturated rings. The molecular formula is C24H17NO7. The van der Waals surface area contributed by atoms with E-state index >= 15 is 0 Å². The van der Waals surface area contributed by atoms with Crippen molar-refractivity contribution >= 4 is 17.4 Å². The summed E-state index contributed by atoms with van der Waals surface area (Å²) in [5.74, 6) is 1.28. The maximum atomic E-state index is 12.9. The highest BCUT2D eigenvalue weighted by molar-refractivity contribution is 5.83. The van der Waals surface area contributed by atoms with Crippen molar-refractivity contribution in [3.63, 3.8) is 0 Å². The van der Waals surface area contributed by atoms with Crippen LogP contribution in [-0.2, 0) is 4.79 Å². The molecule has 32 heavy (non-hydrogen) atoms. The Morgan fingerprint density at radius 2 is 1.72 bits per heavy atom. The summed E-state index contributed by atoms with van der Waals surface area (Å²) in [5, 5.41) is 3.18. The smallest absolute Gasteiger partial charge is 0.344 e. The molecule has 4 aromatic rings. The first-order valence-corrected chi connectivity index (χ1v) is 9.76. The summed E-state index contributed by atoms with van der Waals surface area (Å²) in [7, 11) is 1.51. The Kier molecular flexibility index (Phi) is 4.55. The predicted octanol–water partition coefficient (Wildman–Crippen LogP) is 3.53. The van der Waals surface area contributed by atoms with Gasteiger partial charge in [-0.15, -0.1) is 0 Å². The van der Waals surface area contributed by atoms with E-state index in [1.54, 1.807) is 30.3 Å². The number of rotatable bonds is 4. The Labute approximate surface area is 181 Å². The van der Waals surface area contributed by atoms with Crippen molar-refractivity contribution in [2.75, 3.05) is 7.11 Å². The van der Waals surface area contributed by atoms with E-state index in [1.807, 2.05) is 19.1 Å². The minimum Gasteiger partial charge on any atom is -0.497 e. The van der Waals surface area contributed by atoms with Crippen molar-refractivity contribution < 1.29 is 23.1 Å². The van der Waals surface area contributed by atoms with E-state index in [1.165, 1.54) is 13.2 Å². The van der Waals surface area contributed by atoms with Crippen molar-refractivity contribution in [1.82, 2.24) is 5.32 Å². The molecule has 160 valence electrons. The van der Waals surface area contributed by atoms with Crippen molar-refractivity contribution in [3.05, 3.63) is 80.5 Å². The van der Waals surface area contributed by atoms with Gasteiger partial charge in [0.15, 0.2) is 5.76 Å². The van der Waals surface area contributed by atoms with Gasteiger partial charge in [-0.05, 0) is 43.3 Å². The Hall–Kier alpha value is -4.33. The van der Waals surface area contributed by atoms with Crippen LogP contribution in [0, 0.1) is 6.92 Å². The highest BCUT2D eigenvalue weighted by atomic mass is 16.5. The lowest BCUT2D eigenvalue weighted by molar-refractivity contribution is -0.111. The first-order valence-electron chi connectivity index (χ1n) is 9.76. The van der Waals surface area contributed by atoms with Crippen LogP contribution in [0.15, 0.2) is 67.0 Å². The third-order valence-corrected chi connectivity index (χ3v) is 5.34. The number of methoxy groups -OCH3 is 1. The second-order valence-electron chi connectivity index (χ2n) is 7.37. The van der Waals surface area contributed by atoms with Gasteiger partial charge in [-0.25, -0.2) is 9.59 Å². The Morgan fingerprint density at radius 1 is 0.938 bits per heavy atom. The number of ether oxygens (including phenoxy) is 2. The first kappa shape index (κ1) is 19.6. The van der Waals surface area contributed by atoms with Gasteiger partial charge in [-0.1, -0.05) is 11.6 Å². The van der Waals surface area contributed by atoms with Crippen molar-refractivity contribution in [2.45, 2.75) is 13.2 Å². The van der Waals surface area contributed by atoms with Crippen LogP contribution in [0.2, 0.25) is 0 Å². The molecule has 1 aliphatic heterocycles. The molecule has 0 bridgehead atoms. The van der Waals surface area contributed by atoms with Crippen LogP contribution in [0.25, 0.3) is 33.4 Å². The quantitative estimate of drug-likeness (QED) is 0.389. The van der Waals surface area contributed by atoms with Gasteiger partial charge in [0, 0.05) is 11.5 Å². The highest BCUT2D eigenvalue weighted by Crippen LogP contribution is 2.42. The molecule has 1 aliphatic rings. The number of nitrogens with one attached hydrogen (secondary N) is 1. The Bertz CT molecular complexity index is 1500. The van der Waals surface area contributed by atoms with E-state index in [2.05, 4.69) is 5.32 Å². The maximum Gasteiger partial charge on any atom is 0.344 e. The van der Waals surface area contributed by atoms with E-state index in [0.29, 0.717) is 40.0 Å². The van der Waals surface area contributed by atoms with Crippen molar-refractivity contribution in [2.24, 2.45) is 0 Å². The van der Waals surface area contributed by atoms with E-state index in [4.69, 9.17) is 18.3 Å². The van der Waals surface area contributed by atoms with Crippen LogP contribution in [0.5, 0.6) is 11.5 Å². The first-order chi connectivity index (χ1) is 15.5. The van der Waals surface area contributed by atoms with Gasteiger partial charge in [-0.2, -0.15) is 0 Å². The zero-order chi connectivity index (χ0) is 22.4. The number of hydrogen-bond donors (Lipinski definition) is 1. The van der Waals surface area contributed by atoms with E-state index < -0.39 is 17.5 Å². The molecule has 2 aromatic heterocycles. The molecule has 8 heteroatoms. The fraction of sp³-hybridized carbons (Fsp3) is 0.125. The summed E-state index contributed by atoms with van der Waals surface area (Å²) < 4.78 is 22.1. The monoisotopic (exact) mass is 431 g/mol. The zero-order valence-corrected chi connectivity index (χ0v) is 17.1. The van der Waals surface area contributed by atoms with Gasteiger partial charge in [-0.3, -0.25) is 4.79 Å². The molecule has 3 heterocycles. The molecule has 0 aliphatic carbocycles. The summed E-state index contributed by atoms with van der Waals surface area (Å²) in [5.41, 5.74) is 0.913.